The molecule has 84 valence electrons. The average molecular weight is 239 g/mol. The van der Waals surface area contributed by atoms with E-state index in [1.54, 1.807) is 25.1 Å². The average Bonchev–Trinajstić information content (AvgIpc) is 2.56. The maximum atomic E-state index is 11.7. The van der Waals surface area contributed by atoms with Gasteiger partial charge in [0, 0.05) is 5.39 Å². The number of hydrogen-bond donors (Lipinski definition) is 2. The number of benzene rings is 1. The number of carbonyl (C=O) groups excluding carboxylic acids is 1. The minimum atomic E-state index is -0.437. The number of esters is 1. The molecule has 0 aliphatic carbocycles. The van der Waals surface area contributed by atoms with Crippen molar-refractivity contribution in [2.45, 2.75) is 6.92 Å². The number of carbonyl (C=O) groups is 1. The van der Waals surface area contributed by atoms with Crippen molar-refractivity contribution >= 4 is 34.3 Å². The minimum absolute atomic E-state index is 0.279. The number of rotatable bonds is 2. The maximum Gasteiger partial charge on any atom is 0.342 e. The topological polar surface area (TPSA) is 68.1 Å². The molecule has 2 rings (SSSR count). The molecule has 0 spiro atoms. The van der Waals surface area contributed by atoms with Crippen molar-refractivity contribution in [2.75, 3.05) is 12.3 Å². The third kappa shape index (κ3) is 1.61. The zero-order chi connectivity index (χ0) is 11.7. The highest BCUT2D eigenvalue weighted by molar-refractivity contribution is 6.35. The monoisotopic (exact) mass is 238 g/mol. The van der Waals surface area contributed by atoms with E-state index < -0.39 is 5.97 Å². The Labute approximate surface area is 97.3 Å². The molecule has 5 heteroatoms. The summed E-state index contributed by atoms with van der Waals surface area (Å²) in [5.41, 5.74) is 6.74. The molecule has 16 heavy (non-hydrogen) atoms. The van der Waals surface area contributed by atoms with Crippen molar-refractivity contribution in [1.82, 2.24) is 4.98 Å². The Morgan fingerprint density at radius 2 is 2.31 bits per heavy atom. The van der Waals surface area contributed by atoms with E-state index in [0.717, 1.165) is 0 Å². The molecular weight excluding hydrogens is 228 g/mol. The summed E-state index contributed by atoms with van der Waals surface area (Å²) >= 11 is 5.99. The van der Waals surface area contributed by atoms with E-state index in [2.05, 4.69) is 4.98 Å². The van der Waals surface area contributed by atoms with Crippen LogP contribution in [0.3, 0.4) is 0 Å². The molecule has 0 bridgehead atoms. The molecule has 0 saturated heterocycles. The van der Waals surface area contributed by atoms with E-state index in [1.807, 2.05) is 0 Å². The second-order valence-corrected chi connectivity index (χ2v) is 3.70. The molecule has 0 unspecified atom stereocenters. The molecule has 0 atom stereocenters. The highest BCUT2D eigenvalue weighted by Gasteiger charge is 2.18. The summed E-state index contributed by atoms with van der Waals surface area (Å²) in [5, 5.41) is 1.21. The van der Waals surface area contributed by atoms with E-state index in [9.17, 15) is 4.79 Å². The van der Waals surface area contributed by atoms with Crippen LogP contribution in [0.5, 0.6) is 0 Å². The molecule has 4 nitrogen and oxygen atoms in total. The molecule has 1 heterocycles. The molecule has 3 N–H and O–H groups in total. The van der Waals surface area contributed by atoms with Crippen LogP contribution in [0.15, 0.2) is 18.2 Å². The van der Waals surface area contributed by atoms with Gasteiger partial charge in [0.1, 0.15) is 11.4 Å². The normalized spacial score (nSPS) is 10.6. The van der Waals surface area contributed by atoms with Crippen LogP contribution in [-0.4, -0.2) is 17.6 Å². The number of aromatic nitrogens is 1. The Hall–Kier alpha value is -1.68. The lowest BCUT2D eigenvalue weighted by Gasteiger charge is -2.00. The lowest BCUT2D eigenvalue weighted by Crippen LogP contribution is -2.06. The Bertz CT molecular complexity index is 548. The van der Waals surface area contributed by atoms with Crippen LogP contribution in [0.1, 0.15) is 17.3 Å². The standard InChI is InChI=1S/C11H11ClN2O2/c1-2-16-11(15)8-6-4-3-5-7(12)9(6)14-10(8)13/h3-5,14H,2,13H2,1H3. The number of halogens is 1. The van der Waals surface area contributed by atoms with Crippen LogP contribution in [0, 0.1) is 0 Å². The van der Waals surface area contributed by atoms with E-state index in [0.29, 0.717) is 28.1 Å². The fraction of sp³-hybridized carbons (Fsp3) is 0.182. The van der Waals surface area contributed by atoms with E-state index >= 15 is 0 Å². The summed E-state index contributed by atoms with van der Waals surface area (Å²) in [6.07, 6.45) is 0. The number of nitrogens with one attached hydrogen (secondary N) is 1. The van der Waals surface area contributed by atoms with Crippen LogP contribution in [-0.2, 0) is 4.74 Å². The van der Waals surface area contributed by atoms with Gasteiger partial charge >= 0.3 is 5.97 Å². The van der Waals surface area contributed by atoms with Gasteiger partial charge in [-0.15, -0.1) is 0 Å². The van der Waals surface area contributed by atoms with Gasteiger partial charge in [-0.3, -0.25) is 0 Å². The van der Waals surface area contributed by atoms with Crippen molar-refractivity contribution < 1.29 is 9.53 Å². The minimum Gasteiger partial charge on any atom is -0.462 e. The van der Waals surface area contributed by atoms with Gasteiger partial charge in [-0.2, -0.15) is 0 Å². The zero-order valence-corrected chi connectivity index (χ0v) is 9.47. The summed E-state index contributed by atoms with van der Waals surface area (Å²) in [5.74, 6) is -0.157. The summed E-state index contributed by atoms with van der Waals surface area (Å²) in [7, 11) is 0. The fourth-order valence-corrected chi connectivity index (χ4v) is 1.85. The molecule has 0 aliphatic heterocycles. The number of nitrogens with two attached hydrogens (primary N) is 1. The van der Waals surface area contributed by atoms with Gasteiger partial charge in [0.25, 0.3) is 0 Å². The SMILES string of the molecule is CCOC(=O)c1c(N)[nH]c2c(Cl)cccc12. The van der Waals surface area contributed by atoms with Gasteiger partial charge in [0.2, 0.25) is 0 Å². The molecule has 0 amide bonds. The molecule has 0 saturated carbocycles. The third-order valence-electron chi connectivity index (χ3n) is 2.29. The van der Waals surface area contributed by atoms with E-state index in [1.165, 1.54) is 0 Å². The summed E-state index contributed by atoms with van der Waals surface area (Å²) in [4.78, 5) is 14.6. The molecule has 0 fully saturated rings. The largest absolute Gasteiger partial charge is 0.462 e. The molecule has 1 aromatic carbocycles. The summed E-state index contributed by atoms with van der Waals surface area (Å²) < 4.78 is 4.93. The van der Waals surface area contributed by atoms with E-state index in [-0.39, 0.29) is 5.82 Å². The first-order valence-corrected chi connectivity index (χ1v) is 5.25. The smallest absolute Gasteiger partial charge is 0.342 e. The Kier molecular flexibility index (Phi) is 2.75. The molecular formula is C11H11ClN2O2. The van der Waals surface area contributed by atoms with Crippen molar-refractivity contribution in [3.63, 3.8) is 0 Å². The Balaban J connectivity index is 2.65. The maximum absolute atomic E-state index is 11.7. The summed E-state index contributed by atoms with van der Waals surface area (Å²) in [6, 6.07) is 5.27. The molecule has 0 aliphatic rings. The van der Waals surface area contributed by atoms with Crippen LogP contribution in [0.2, 0.25) is 5.02 Å². The predicted octanol–water partition coefficient (Wildman–Crippen LogP) is 2.58. The Morgan fingerprint density at radius 1 is 1.56 bits per heavy atom. The first-order chi connectivity index (χ1) is 7.65. The lowest BCUT2D eigenvalue weighted by molar-refractivity contribution is 0.0530. The number of anilines is 1. The second kappa shape index (κ2) is 4.06. The molecule has 2 aromatic rings. The van der Waals surface area contributed by atoms with Gasteiger partial charge in [-0.25, -0.2) is 4.79 Å². The first kappa shape index (κ1) is 10.8. The molecule has 1 aromatic heterocycles. The third-order valence-corrected chi connectivity index (χ3v) is 2.61. The quantitative estimate of drug-likeness (QED) is 0.791. The first-order valence-electron chi connectivity index (χ1n) is 4.88. The van der Waals surface area contributed by atoms with Crippen LogP contribution >= 0.6 is 11.6 Å². The Morgan fingerprint density at radius 3 is 3.00 bits per heavy atom. The number of hydrogen-bond acceptors (Lipinski definition) is 3. The van der Waals surface area contributed by atoms with Crippen molar-refractivity contribution in [2.24, 2.45) is 0 Å². The van der Waals surface area contributed by atoms with Gasteiger partial charge in [-0.05, 0) is 13.0 Å². The summed E-state index contributed by atoms with van der Waals surface area (Å²) in [6.45, 7) is 2.06. The van der Waals surface area contributed by atoms with Crippen LogP contribution in [0.4, 0.5) is 5.82 Å². The van der Waals surface area contributed by atoms with Gasteiger partial charge in [0.05, 0.1) is 17.1 Å². The highest BCUT2D eigenvalue weighted by atomic mass is 35.5. The fourth-order valence-electron chi connectivity index (χ4n) is 1.62. The number of fused-ring (bicyclic) bond motifs is 1. The van der Waals surface area contributed by atoms with Crippen LogP contribution < -0.4 is 5.73 Å². The number of ether oxygens (including phenoxy) is 1. The van der Waals surface area contributed by atoms with Gasteiger partial charge < -0.3 is 15.5 Å². The number of para-hydroxylation sites is 1. The van der Waals surface area contributed by atoms with Crippen molar-refractivity contribution in [1.29, 1.82) is 0 Å². The predicted molar refractivity (Wildman–Crippen MR) is 63.7 cm³/mol. The van der Waals surface area contributed by atoms with Crippen LogP contribution in [0.25, 0.3) is 10.9 Å². The number of H-pyrrole nitrogens is 1. The zero-order valence-electron chi connectivity index (χ0n) is 8.71. The van der Waals surface area contributed by atoms with Crippen molar-refractivity contribution in [3.8, 4) is 0 Å². The molecule has 0 radical (unpaired) electrons. The van der Waals surface area contributed by atoms with Gasteiger partial charge in [-0.1, -0.05) is 23.7 Å². The lowest BCUT2D eigenvalue weighted by atomic mass is 10.1. The van der Waals surface area contributed by atoms with E-state index in [4.69, 9.17) is 22.1 Å². The second-order valence-electron chi connectivity index (χ2n) is 3.30. The van der Waals surface area contributed by atoms with Gasteiger partial charge in [0.15, 0.2) is 0 Å². The van der Waals surface area contributed by atoms with Crippen molar-refractivity contribution in [3.05, 3.63) is 28.8 Å². The number of nitrogen functional groups attached to an aromatic ring is 1. The highest BCUT2D eigenvalue weighted by Crippen LogP contribution is 2.29. The number of aromatic amines is 1.